The van der Waals surface area contributed by atoms with Crippen LogP contribution in [0.1, 0.15) is 53.3 Å². The lowest BCUT2D eigenvalue weighted by atomic mass is 9.83. The lowest BCUT2D eigenvalue weighted by molar-refractivity contribution is -0.137. The molecule has 1 aromatic heterocycles. The molecule has 0 amide bonds. The van der Waals surface area contributed by atoms with Crippen LogP contribution < -0.4 is 0 Å². The van der Waals surface area contributed by atoms with Crippen molar-refractivity contribution in [3.63, 3.8) is 0 Å². The van der Waals surface area contributed by atoms with Gasteiger partial charge < -0.3 is 15.1 Å². The highest BCUT2D eigenvalue weighted by molar-refractivity contribution is 5.88. The van der Waals surface area contributed by atoms with Gasteiger partial charge in [-0.15, -0.1) is 0 Å². The summed E-state index contributed by atoms with van der Waals surface area (Å²) in [6, 6.07) is 0. The molecule has 0 aliphatic heterocycles. The van der Waals surface area contributed by atoms with Crippen molar-refractivity contribution in [2.24, 2.45) is 0 Å². The van der Waals surface area contributed by atoms with Gasteiger partial charge in [0.2, 0.25) is 0 Å². The number of nitrogens with zero attached hydrogens (tertiary/aromatic N) is 3. The van der Waals surface area contributed by atoms with E-state index < -0.39 is 11.9 Å². The van der Waals surface area contributed by atoms with Crippen molar-refractivity contribution >= 4 is 11.9 Å². The Morgan fingerprint density at radius 3 is 2.68 bits per heavy atom. The minimum atomic E-state index is -1.07. The van der Waals surface area contributed by atoms with Crippen molar-refractivity contribution < 1.29 is 19.8 Å². The molecule has 2 rings (SSSR count). The number of rotatable bonds is 7. The molecule has 0 saturated heterocycles. The third-order valence-electron chi connectivity index (χ3n) is 4.07. The Morgan fingerprint density at radius 1 is 1.36 bits per heavy atom. The largest absolute Gasteiger partial charge is 0.481 e. The number of aryl methyl sites for hydroxylation is 1. The molecular formula is C15H23N3O4. The Hall–Kier alpha value is -1.89. The molecule has 1 aromatic rings. The van der Waals surface area contributed by atoms with Crippen molar-refractivity contribution in [2.45, 2.75) is 44.6 Å². The predicted octanol–water partition coefficient (Wildman–Crippen LogP) is 1.43. The first-order valence-corrected chi connectivity index (χ1v) is 7.59. The summed E-state index contributed by atoms with van der Waals surface area (Å²) in [6.07, 6.45) is 3.21. The zero-order valence-corrected chi connectivity index (χ0v) is 13.1. The molecule has 7 heteroatoms. The second kappa shape index (κ2) is 6.91. The van der Waals surface area contributed by atoms with E-state index in [1.54, 1.807) is 4.68 Å². The fourth-order valence-electron chi connectivity index (χ4n) is 3.16. The zero-order chi connectivity index (χ0) is 16.3. The molecule has 122 valence electrons. The maximum Gasteiger partial charge on any atom is 0.356 e. The predicted molar refractivity (Wildman–Crippen MR) is 80.3 cm³/mol. The third-order valence-corrected chi connectivity index (χ3v) is 4.07. The van der Waals surface area contributed by atoms with Gasteiger partial charge in [0.25, 0.3) is 0 Å². The molecule has 0 spiro atoms. The third kappa shape index (κ3) is 3.65. The SMILES string of the molecule is CN(C)CCCn1nc(C(=O)O)c2c1CCCC2CC(=O)O. The Kier molecular flexibility index (Phi) is 5.18. The quantitative estimate of drug-likeness (QED) is 0.791. The number of fused-ring (bicyclic) bond motifs is 1. The van der Waals surface area contributed by atoms with E-state index in [0.717, 1.165) is 31.5 Å². The molecule has 7 nitrogen and oxygen atoms in total. The van der Waals surface area contributed by atoms with E-state index in [-0.39, 0.29) is 18.0 Å². The first kappa shape index (κ1) is 16.5. The van der Waals surface area contributed by atoms with Crippen LogP contribution in [0.5, 0.6) is 0 Å². The minimum absolute atomic E-state index is 0.0311. The van der Waals surface area contributed by atoms with Gasteiger partial charge in [0.05, 0.1) is 6.42 Å². The van der Waals surface area contributed by atoms with Crippen LogP contribution in [0.25, 0.3) is 0 Å². The molecule has 0 saturated carbocycles. The molecule has 1 atom stereocenters. The van der Waals surface area contributed by atoms with Gasteiger partial charge in [0.1, 0.15) is 0 Å². The summed E-state index contributed by atoms with van der Waals surface area (Å²) in [5, 5.41) is 22.7. The number of aliphatic carboxylic acids is 1. The highest BCUT2D eigenvalue weighted by atomic mass is 16.4. The first-order chi connectivity index (χ1) is 10.4. The van der Waals surface area contributed by atoms with Gasteiger partial charge in [0, 0.05) is 17.8 Å². The van der Waals surface area contributed by atoms with Crippen LogP contribution in [0.3, 0.4) is 0 Å². The summed E-state index contributed by atoms with van der Waals surface area (Å²) < 4.78 is 1.77. The molecule has 0 aromatic carbocycles. The summed E-state index contributed by atoms with van der Waals surface area (Å²) >= 11 is 0. The Bertz CT molecular complexity index is 565. The fourth-order valence-corrected chi connectivity index (χ4v) is 3.16. The Labute approximate surface area is 129 Å². The molecule has 0 radical (unpaired) electrons. The van der Waals surface area contributed by atoms with Crippen LogP contribution in [0.15, 0.2) is 0 Å². The Morgan fingerprint density at radius 2 is 2.09 bits per heavy atom. The summed E-state index contributed by atoms with van der Waals surface area (Å²) in [7, 11) is 3.98. The van der Waals surface area contributed by atoms with Crippen LogP contribution in [0.4, 0.5) is 0 Å². The van der Waals surface area contributed by atoms with E-state index >= 15 is 0 Å². The molecule has 22 heavy (non-hydrogen) atoms. The van der Waals surface area contributed by atoms with Gasteiger partial charge in [-0.3, -0.25) is 9.48 Å². The summed E-state index contributed by atoms with van der Waals surface area (Å²) in [6.45, 7) is 1.56. The van der Waals surface area contributed by atoms with Crippen LogP contribution in [0.2, 0.25) is 0 Å². The maximum absolute atomic E-state index is 11.5. The summed E-state index contributed by atoms with van der Waals surface area (Å²) in [5.41, 5.74) is 1.59. The number of carboxylic acids is 2. The van der Waals surface area contributed by atoms with Crippen molar-refractivity contribution in [3.8, 4) is 0 Å². The monoisotopic (exact) mass is 309 g/mol. The normalized spacial score (nSPS) is 17.5. The van der Waals surface area contributed by atoms with Crippen molar-refractivity contribution in [1.82, 2.24) is 14.7 Å². The number of aromatic carboxylic acids is 1. The number of carbonyl (C=O) groups is 2. The number of hydrogen-bond donors (Lipinski definition) is 2. The number of aromatic nitrogens is 2. The Balaban J connectivity index is 2.30. The molecule has 1 aliphatic rings. The number of hydrogen-bond acceptors (Lipinski definition) is 4. The lowest BCUT2D eigenvalue weighted by Gasteiger charge is -2.22. The second-order valence-corrected chi connectivity index (χ2v) is 6.08. The van der Waals surface area contributed by atoms with Gasteiger partial charge >= 0.3 is 11.9 Å². The van der Waals surface area contributed by atoms with Crippen LogP contribution >= 0.6 is 0 Å². The van der Waals surface area contributed by atoms with E-state index in [9.17, 15) is 14.7 Å². The highest BCUT2D eigenvalue weighted by Gasteiger charge is 2.32. The summed E-state index contributed by atoms with van der Waals surface area (Å²) in [4.78, 5) is 24.6. The van der Waals surface area contributed by atoms with E-state index in [0.29, 0.717) is 18.5 Å². The first-order valence-electron chi connectivity index (χ1n) is 7.59. The van der Waals surface area contributed by atoms with Crippen molar-refractivity contribution in [2.75, 3.05) is 20.6 Å². The molecule has 1 unspecified atom stereocenters. The standard InChI is InChI=1S/C15H23N3O4/c1-17(2)7-4-8-18-11-6-3-5-10(9-12(19)20)13(11)14(16-18)15(21)22/h10H,3-9H2,1-2H3,(H,19,20)(H,21,22). The van der Waals surface area contributed by atoms with Crippen molar-refractivity contribution in [3.05, 3.63) is 17.0 Å². The van der Waals surface area contributed by atoms with Gasteiger partial charge in [-0.05, 0) is 52.2 Å². The smallest absolute Gasteiger partial charge is 0.356 e. The molecule has 1 aliphatic carbocycles. The topological polar surface area (TPSA) is 95.7 Å². The zero-order valence-electron chi connectivity index (χ0n) is 13.1. The fraction of sp³-hybridized carbons (Fsp3) is 0.667. The van der Waals surface area contributed by atoms with Crippen LogP contribution in [-0.4, -0.2) is 57.5 Å². The molecule has 0 bridgehead atoms. The molecule has 0 fully saturated rings. The van der Waals surface area contributed by atoms with Crippen LogP contribution in [-0.2, 0) is 17.8 Å². The maximum atomic E-state index is 11.5. The number of carboxylic acid groups (broad SMARTS) is 2. The average Bonchev–Trinajstić information content (AvgIpc) is 2.78. The van der Waals surface area contributed by atoms with Crippen molar-refractivity contribution in [1.29, 1.82) is 0 Å². The minimum Gasteiger partial charge on any atom is -0.481 e. The van der Waals surface area contributed by atoms with E-state index in [1.807, 2.05) is 14.1 Å². The van der Waals surface area contributed by atoms with Gasteiger partial charge in [-0.25, -0.2) is 4.79 Å². The second-order valence-electron chi connectivity index (χ2n) is 6.08. The molecule has 2 N–H and O–H groups in total. The van der Waals surface area contributed by atoms with Gasteiger partial charge in [-0.1, -0.05) is 0 Å². The van der Waals surface area contributed by atoms with Crippen LogP contribution in [0, 0.1) is 0 Å². The van der Waals surface area contributed by atoms with E-state index in [1.165, 1.54) is 0 Å². The van der Waals surface area contributed by atoms with Gasteiger partial charge in [0.15, 0.2) is 5.69 Å². The lowest BCUT2D eigenvalue weighted by Crippen LogP contribution is -2.18. The summed E-state index contributed by atoms with van der Waals surface area (Å²) in [5.74, 6) is -2.20. The van der Waals surface area contributed by atoms with E-state index in [2.05, 4.69) is 10.00 Å². The molecular weight excluding hydrogens is 286 g/mol. The van der Waals surface area contributed by atoms with Gasteiger partial charge in [-0.2, -0.15) is 5.10 Å². The molecule has 1 heterocycles. The highest BCUT2D eigenvalue weighted by Crippen LogP contribution is 2.36. The van der Waals surface area contributed by atoms with E-state index in [4.69, 9.17) is 5.11 Å². The average molecular weight is 309 g/mol.